The number of nitrogens with zero attached hydrogens (tertiary/aromatic N) is 2. The Kier molecular flexibility index (Phi) is 4.27. The summed E-state index contributed by atoms with van der Waals surface area (Å²) in [6, 6.07) is 8.22. The summed E-state index contributed by atoms with van der Waals surface area (Å²) in [7, 11) is 0. The van der Waals surface area contributed by atoms with Gasteiger partial charge in [-0.1, -0.05) is 42.8 Å². The standard InChI is InChI=1S/C15H20ClN3/c1-4-11-7-5-6-8-12(11)14(17)15-13(16)9-18-19(15)10(2)3/h5-10,14H,4,17H2,1-3H3. The van der Waals surface area contributed by atoms with Crippen molar-refractivity contribution in [3.63, 3.8) is 0 Å². The van der Waals surface area contributed by atoms with Gasteiger partial charge >= 0.3 is 0 Å². The van der Waals surface area contributed by atoms with Crippen LogP contribution in [-0.2, 0) is 6.42 Å². The highest BCUT2D eigenvalue weighted by Crippen LogP contribution is 2.30. The van der Waals surface area contributed by atoms with Crippen molar-refractivity contribution in [2.45, 2.75) is 39.3 Å². The second kappa shape index (κ2) is 5.76. The molecule has 1 aromatic heterocycles. The predicted octanol–water partition coefficient (Wildman–Crippen LogP) is 3.73. The Morgan fingerprint density at radius 1 is 1.32 bits per heavy atom. The van der Waals surface area contributed by atoms with E-state index in [9.17, 15) is 0 Å². The Hall–Kier alpha value is -1.32. The summed E-state index contributed by atoms with van der Waals surface area (Å²) >= 11 is 6.27. The van der Waals surface area contributed by atoms with Gasteiger partial charge < -0.3 is 5.73 Å². The molecule has 0 amide bonds. The normalized spacial score (nSPS) is 12.9. The van der Waals surface area contributed by atoms with Crippen molar-refractivity contribution in [3.05, 3.63) is 52.3 Å². The zero-order valence-electron chi connectivity index (χ0n) is 11.6. The average molecular weight is 278 g/mol. The van der Waals surface area contributed by atoms with Crippen LogP contribution in [0.3, 0.4) is 0 Å². The van der Waals surface area contributed by atoms with Crippen LogP contribution in [0.25, 0.3) is 0 Å². The van der Waals surface area contributed by atoms with Gasteiger partial charge in [0.15, 0.2) is 0 Å². The molecule has 0 aliphatic rings. The Morgan fingerprint density at radius 2 is 2.00 bits per heavy atom. The van der Waals surface area contributed by atoms with Crippen LogP contribution >= 0.6 is 11.6 Å². The third-order valence-corrected chi connectivity index (χ3v) is 3.63. The van der Waals surface area contributed by atoms with E-state index in [0.29, 0.717) is 5.02 Å². The molecule has 3 nitrogen and oxygen atoms in total. The molecular weight excluding hydrogens is 258 g/mol. The minimum absolute atomic E-state index is 0.238. The van der Waals surface area contributed by atoms with Crippen LogP contribution in [0.5, 0.6) is 0 Å². The SMILES string of the molecule is CCc1ccccc1C(N)c1c(Cl)cnn1C(C)C. The Labute approximate surface area is 119 Å². The molecule has 0 saturated heterocycles. The van der Waals surface area contributed by atoms with E-state index in [2.05, 4.69) is 38.0 Å². The second-order valence-corrected chi connectivity index (χ2v) is 5.35. The van der Waals surface area contributed by atoms with Crippen molar-refractivity contribution in [3.8, 4) is 0 Å². The summed E-state index contributed by atoms with van der Waals surface area (Å²) in [6.07, 6.45) is 2.63. The molecule has 2 N–H and O–H groups in total. The van der Waals surface area contributed by atoms with E-state index in [1.807, 2.05) is 16.8 Å². The highest BCUT2D eigenvalue weighted by Gasteiger charge is 2.21. The number of aryl methyl sites for hydroxylation is 1. The number of hydrogen-bond acceptors (Lipinski definition) is 2. The fourth-order valence-electron chi connectivity index (χ4n) is 2.36. The lowest BCUT2D eigenvalue weighted by Gasteiger charge is -2.20. The number of benzene rings is 1. The molecule has 0 aliphatic heterocycles. The molecule has 1 unspecified atom stereocenters. The van der Waals surface area contributed by atoms with Crippen LogP contribution in [0.4, 0.5) is 0 Å². The van der Waals surface area contributed by atoms with Crippen molar-refractivity contribution in [1.82, 2.24) is 9.78 Å². The zero-order chi connectivity index (χ0) is 14.0. The third-order valence-electron chi connectivity index (χ3n) is 3.34. The fourth-order valence-corrected chi connectivity index (χ4v) is 2.61. The summed E-state index contributed by atoms with van der Waals surface area (Å²) in [6.45, 7) is 6.28. The minimum Gasteiger partial charge on any atom is -0.319 e. The molecular formula is C15H20ClN3. The van der Waals surface area contributed by atoms with E-state index in [1.54, 1.807) is 6.20 Å². The number of rotatable bonds is 4. The van der Waals surface area contributed by atoms with Gasteiger partial charge in [0.1, 0.15) is 0 Å². The molecule has 1 aromatic carbocycles. The van der Waals surface area contributed by atoms with Crippen LogP contribution in [-0.4, -0.2) is 9.78 Å². The van der Waals surface area contributed by atoms with Crippen molar-refractivity contribution < 1.29 is 0 Å². The average Bonchev–Trinajstić information content (AvgIpc) is 2.80. The van der Waals surface area contributed by atoms with Crippen LogP contribution in [0.2, 0.25) is 5.02 Å². The monoisotopic (exact) mass is 277 g/mol. The third kappa shape index (κ3) is 2.67. The van der Waals surface area contributed by atoms with Gasteiger partial charge in [0, 0.05) is 6.04 Å². The number of hydrogen-bond donors (Lipinski definition) is 1. The lowest BCUT2D eigenvalue weighted by atomic mass is 9.97. The fraction of sp³-hybridized carbons (Fsp3) is 0.400. The van der Waals surface area contributed by atoms with Gasteiger partial charge in [-0.3, -0.25) is 4.68 Å². The van der Waals surface area contributed by atoms with E-state index in [0.717, 1.165) is 17.7 Å². The molecule has 0 saturated carbocycles. The Morgan fingerprint density at radius 3 is 2.63 bits per heavy atom. The summed E-state index contributed by atoms with van der Waals surface area (Å²) in [5.74, 6) is 0. The van der Waals surface area contributed by atoms with Crippen LogP contribution in [0.1, 0.15) is 49.7 Å². The quantitative estimate of drug-likeness (QED) is 0.925. The summed E-state index contributed by atoms with van der Waals surface area (Å²) in [4.78, 5) is 0. The smallest absolute Gasteiger partial charge is 0.0837 e. The lowest BCUT2D eigenvalue weighted by molar-refractivity contribution is 0.499. The van der Waals surface area contributed by atoms with Gasteiger partial charge in [-0.25, -0.2) is 0 Å². The highest BCUT2D eigenvalue weighted by molar-refractivity contribution is 6.31. The molecule has 1 atom stereocenters. The van der Waals surface area contributed by atoms with Gasteiger partial charge in [-0.15, -0.1) is 0 Å². The molecule has 0 radical (unpaired) electrons. The molecule has 0 spiro atoms. The van der Waals surface area contributed by atoms with Crippen molar-refractivity contribution in [2.24, 2.45) is 5.73 Å². The Bertz CT molecular complexity index is 560. The molecule has 0 fully saturated rings. The Balaban J connectivity index is 2.50. The topological polar surface area (TPSA) is 43.8 Å². The zero-order valence-corrected chi connectivity index (χ0v) is 12.4. The van der Waals surface area contributed by atoms with Crippen molar-refractivity contribution >= 4 is 11.6 Å². The van der Waals surface area contributed by atoms with E-state index in [4.69, 9.17) is 17.3 Å². The summed E-state index contributed by atoms with van der Waals surface area (Å²) in [5.41, 5.74) is 9.69. The van der Waals surface area contributed by atoms with Gasteiger partial charge in [0.05, 0.1) is 23.0 Å². The van der Waals surface area contributed by atoms with Crippen molar-refractivity contribution in [1.29, 1.82) is 0 Å². The minimum atomic E-state index is -0.242. The maximum atomic E-state index is 6.43. The van der Waals surface area contributed by atoms with Gasteiger partial charge in [-0.05, 0) is 31.4 Å². The number of nitrogens with two attached hydrogens (primary N) is 1. The molecule has 19 heavy (non-hydrogen) atoms. The van der Waals surface area contributed by atoms with Gasteiger partial charge in [0.2, 0.25) is 0 Å². The number of halogens is 1. The van der Waals surface area contributed by atoms with E-state index in [-0.39, 0.29) is 12.1 Å². The maximum absolute atomic E-state index is 6.43. The molecule has 1 heterocycles. The lowest BCUT2D eigenvalue weighted by Crippen LogP contribution is -2.20. The molecule has 0 bridgehead atoms. The molecule has 0 aliphatic carbocycles. The first-order chi connectivity index (χ1) is 9.06. The van der Waals surface area contributed by atoms with Crippen LogP contribution in [0.15, 0.2) is 30.5 Å². The summed E-state index contributed by atoms with van der Waals surface area (Å²) < 4.78 is 1.90. The second-order valence-electron chi connectivity index (χ2n) is 4.95. The largest absolute Gasteiger partial charge is 0.319 e. The molecule has 2 aromatic rings. The van der Waals surface area contributed by atoms with Gasteiger partial charge in [-0.2, -0.15) is 5.10 Å². The van der Waals surface area contributed by atoms with E-state index in [1.165, 1.54) is 5.56 Å². The first-order valence-corrected chi connectivity index (χ1v) is 7.00. The van der Waals surface area contributed by atoms with E-state index < -0.39 is 0 Å². The predicted molar refractivity (Wildman–Crippen MR) is 79.5 cm³/mol. The molecule has 2 rings (SSSR count). The first-order valence-electron chi connectivity index (χ1n) is 6.62. The summed E-state index contributed by atoms with van der Waals surface area (Å²) in [5, 5.41) is 4.95. The maximum Gasteiger partial charge on any atom is 0.0837 e. The molecule has 4 heteroatoms. The highest BCUT2D eigenvalue weighted by atomic mass is 35.5. The van der Waals surface area contributed by atoms with Crippen molar-refractivity contribution in [2.75, 3.05) is 0 Å². The van der Waals surface area contributed by atoms with E-state index >= 15 is 0 Å². The first kappa shape index (κ1) is 14.1. The van der Waals surface area contributed by atoms with Crippen LogP contribution < -0.4 is 5.73 Å². The van der Waals surface area contributed by atoms with Crippen LogP contribution in [0, 0.1) is 0 Å². The van der Waals surface area contributed by atoms with Gasteiger partial charge in [0.25, 0.3) is 0 Å². The number of aromatic nitrogens is 2. The molecule has 102 valence electrons.